The zero-order valence-corrected chi connectivity index (χ0v) is 8.42. The SMILES string of the molecule is O=C(O)[C@@]12CCOC[C@@H]1CS(=O)(=O)C2. The predicted octanol–water partition coefficient (Wildman–Crippen LogP) is -0.478. The summed E-state index contributed by atoms with van der Waals surface area (Å²) in [6, 6.07) is 0. The second-order valence-electron chi connectivity index (χ2n) is 4.04. The highest BCUT2D eigenvalue weighted by molar-refractivity contribution is 7.91. The summed E-state index contributed by atoms with van der Waals surface area (Å²) >= 11 is 0. The van der Waals surface area contributed by atoms with Crippen molar-refractivity contribution < 1.29 is 23.1 Å². The van der Waals surface area contributed by atoms with Gasteiger partial charge in [-0.25, -0.2) is 8.42 Å². The van der Waals surface area contributed by atoms with Gasteiger partial charge in [0.1, 0.15) is 0 Å². The first-order valence-corrected chi connectivity index (χ1v) is 6.30. The lowest BCUT2D eigenvalue weighted by atomic mass is 9.75. The van der Waals surface area contributed by atoms with Gasteiger partial charge in [0.05, 0.1) is 23.5 Å². The van der Waals surface area contributed by atoms with Crippen LogP contribution in [0, 0.1) is 11.3 Å². The maximum atomic E-state index is 11.4. The van der Waals surface area contributed by atoms with Gasteiger partial charge in [0, 0.05) is 12.5 Å². The average Bonchev–Trinajstić information content (AvgIpc) is 2.35. The summed E-state index contributed by atoms with van der Waals surface area (Å²) in [5, 5.41) is 9.11. The summed E-state index contributed by atoms with van der Waals surface area (Å²) < 4.78 is 27.9. The van der Waals surface area contributed by atoms with Crippen LogP contribution in [0.4, 0.5) is 0 Å². The lowest BCUT2D eigenvalue weighted by Crippen LogP contribution is -2.44. The number of carboxylic acids is 1. The minimum absolute atomic E-state index is 0.0424. The molecular weight excluding hydrogens is 208 g/mol. The standard InChI is InChI=1S/C8H12O5S/c9-7(10)8-1-2-13-3-6(8)4-14(11,12)5-8/h6H,1-5H2,(H,9,10)/t6-,8-/m1/s1. The van der Waals surface area contributed by atoms with E-state index in [0.29, 0.717) is 13.0 Å². The molecule has 2 rings (SSSR count). The largest absolute Gasteiger partial charge is 0.481 e. The minimum Gasteiger partial charge on any atom is -0.481 e. The predicted molar refractivity (Wildman–Crippen MR) is 47.6 cm³/mol. The van der Waals surface area contributed by atoms with E-state index in [2.05, 4.69) is 0 Å². The Labute approximate surface area is 82.0 Å². The normalized spacial score (nSPS) is 40.4. The van der Waals surface area contributed by atoms with Gasteiger partial charge in [0.2, 0.25) is 0 Å². The van der Waals surface area contributed by atoms with Crippen LogP contribution < -0.4 is 0 Å². The van der Waals surface area contributed by atoms with Crippen molar-refractivity contribution in [2.45, 2.75) is 6.42 Å². The van der Waals surface area contributed by atoms with Gasteiger partial charge in [-0.05, 0) is 6.42 Å². The quantitative estimate of drug-likeness (QED) is 0.645. The van der Waals surface area contributed by atoms with Crippen LogP contribution >= 0.6 is 0 Å². The van der Waals surface area contributed by atoms with Gasteiger partial charge >= 0.3 is 5.97 Å². The molecule has 2 heterocycles. The van der Waals surface area contributed by atoms with Crippen molar-refractivity contribution in [3.63, 3.8) is 0 Å². The zero-order valence-electron chi connectivity index (χ0n) is 7.60. The highest BCUT2D eigenvalue weighted by atomic mass is 32.2. The van der Waals surface area contributed by atoms with E-state index in [1.165, 1.54) is 0 Å². The Kier molecular flexibility index (Phi) is 2.08. The van der Waals surface area contributed by atoms with E-state index < -0.39 is 21.2 Å². The fourth-order valence-electron chi connectivity index (χ4n) is 2.34. The molecule has 0 aliphatic carbocycles. The number of carbonyl (C=O) groups is 1. The summed E-state index contributed by atoms with van der Waals surface area (Å²) in [7, 11) is -3.19. The topological polar surface area (TPSA) is 80.7 Å². The summed E-state index contributed by atoms with van der Waals surface area (Å²) in [4.78, 5) is 11.1. The summed E-state index contributed by atoms with van der Waals surface area (Å²) in [6.07, 6.45) is 0.312. The Morgan fingerprint density at radius 3 is 2.79 bits per heavy atom. The lowest BCUT2D eigenvalue weighted by molar-refractivity contribution is -0.157. The van der Waals surface area contributed by atoms with E-state index in [1.54, 1.807) is 0 Å². The Morgan fingerprint density at radius 2 is 2.21 bits per heavy atom. The first-order chi connectivity index (χ1) is 6.46. The molecule has 0 aromatic carbocycles. The van der Waals surface area contributed by atoms with Crippen molar-refractivity contribution in [1.29, 1.82) is 0 Å². The molecule has 0 saturated carbocycles. The van der Waals surface area contributed by atoms with Crippen molar-refractivity contribution in [2.24, 2.45) is 11.3 Å². The molecule has 2 saturated heterocycles. The molecule has 2 atom stereocenters. The number of rotatable bonds is 1. The number of hydrogen-bond acceptors (Lipinski definition) is 4. The van der Waals surface area contributed by atoms with Gasteiger partial charge in [-0.1, -0.05) is 0 Å². The zero-order chi connectivity index (χ0) is 10.4. The molecule has 0 spiro atoms. The van der Waals surface area contributed by atoms with Crippen molar-refractivity contribution in [3.05, 3.63) is 0 Å². The average molecular weight is 220 g/mol. The number of hydrogen-bond donors (Lipinski definition) is 1. The third-order valence-corrected chi connectivity index (χ3v) is 5.02. The van der Waals surface area contributed by atoms with Crippen LogP contribution in [0.2, 0.25) is 0 Å². The summed E-state index contributed by atoms with van der Waals surface area (Å²) in [5.41, 5.74) is -1.07. The second kappa shape index (κ2) is 2.93. The summed E-state index contributed by atoms with van der Waals surface area (Å²) in [6.45, 7) is 0.601. The number of carboxylic acid groups (broad SMARTS) is 1. The fourth-order valence-corrected chi connectivity index (χ4v) is 4.78. The molecule has 0 amide bonds. The molecule has 2 aliphatic heterocycles. The van der Waals surface area contributed by atoms with E-state index in [-0.39, 0.29) is 24.0 Å². The second-order valence-corrected chi connectivity index (χ2v) is 6.15. The molecule has 80 valence electrons. The number of fused-ring (bicyclic) bond motifs is 1. The highest BCUT2D eigenvalue weighted by Crippen LogP contribution is 2.43. The number of aliphatic carboxylic acids is 1. The van der Waals surface area contributed by atoms with Crippen LogP contribution in [-0.4, -0.2) is 44.2 Å². The van der Waals surface area contributed by atoms with Crippen LogP contribution in [0.1, 0.15) is 6.42 Å². The molecule has 14 heavy (non-hydrogen) atoms. The monoisotopic (exact) mass is 220 g/mol. The van der Waals surface area contributed by atoms with Crippen LogP contribution in [0.3, 0.4) is 0 Å². The Bertz CT molecular complexity index is 360. The number of ether oxygens (including phenoxy) is 1. The van der Waals surface area contributed by atoms with Crippen molar-refractivity contribution in [1.82, 2.24) is 0 Å². The maximum Gasteiger partial charge on any atom is 0.311 e. The van der Waals surface area contributed by atoms with Crippen molar-refractivity contribution in [3.8, 4) is 0 Å². The maximum absolute atomic E-state index is 11.4. The minimum atomic E-state index is -3.19. The van der Waals surface area contributed by atoms with Gasteiger partial charge < -0.3 is 9.84 Å². The van der Waals surface area contributed by atoms with E-state index in [1.807, 2.05) is 0 Å². The Morgan fingerprint density at radius 1 is 1.50 bits per heavy atom. The third-order valence-electron chi connectivity index (χ3n) is 3.15. The molecule has 0 bridgehead atoms. The smallest absolute Gasteiger partial charge is 0.311 e. The number of sulfone groups is 1. The lowest BCUT2D eigenvalue weighted by Gasteiger charge is -2.33. The first kappa shape index (κ1) is 9.92. The fraction of sp³-hybridized carbons (Fsp3) is 0.875. The molecule has 0 unspecified atom stereocenters. The van der Waals surface area contributed by atoms with Crippen molar-refractivity contribution >= 4 is 15.8 Å². The van der Waals surface area contributed by atoms with Crippen LogP contribution in [-0.2, 0) is 19.4 Å². The molecular formula is C8H12O5S. The molecule has 2 aliphatic rings. The first-order valence-electron chi connectivity index (χ1n) is 4.48. The molecule has 0 radical (unpaired) electrons. The van der Waals surface area contributed by atoms with Crippen LogP contribution in [0.5, 0.6) is 0 Å². The molecule has 0 aromatic heterocycles. The highest BCUT2D eigenvalue weighted by Gasteiger charge is 2.56. The van der Waals surface area contributed by atoms with Crippen molar-refractivity contribution in [2.75, 3.05) is 24.7 Å². The van der Waals surface area contributed by atoms with Crippen LogP contribution in [0.25, 0.3) is 0 Å². The molecule has 2 fully saturated rings. The van der Waals surface area contributed by atoms with E-state index in [4.69, 9.17) is 9.84 Å². The van der Waals surface area contributed by atoms with Gasteiger partial charge in [0.15, 0.2) is 9.84 Å². The Balaban J connectivity index is 2.39. The van der Waals surface area contributed by atoms with E-state index in [0.717, 1.165) is 0 Å². The molecule has 0 aromatic rings. The molecule has 1 N–H and O–H groups in total. The van der Waals surface area contributed by atoms with Gasteiger partial charge in [0.25, 0.3) is 0 Å². The Hall–Kier alpha value is -0.620. The van der Waals surface area contributed by atoms with Gasteiger partial charge in [-0.3, -0.25) is 4.79 Å². The van der Waals surface area contributed by atoms with E-state index in [9.17, 15) is 13.2 Å². The van der Waals surface area contributed by atoms with Gasteiger partial charge in [-0.2, -0.15) is 0 Å². The van der Waals surface area contributed by atoms with E-state index >= 15 is 0 Å². The third kappa shape index (κ3) is 1.33. The molecule has 5 nitrogen and oxygen atoms in total. The van der Waals surface area contributed by atoms with Gasteiger partial charge in [-0.15, -0.1) is 0 Å². The summed E-state index contributed by atoms with van der Waals surface area (Å²) in [5.74, 6) is -1.62. The molecule has 6 heteroatoms. The van der Waals surface area contributed by atoms with Crippen LogP contribution in [0.15, 0.2) is 0 Å².